The third-order valence-corrected chi connectivity index (χ3v) is 5.67. The molecule has 0 atom stereocenters. The number of primary amides is 1. The number of carbonyl (C=O) groups excluding carboxylic acids is 2. The lowest BCUT2D eigenvalue weighted by atomic mass is 10.0. The van der Waals surface area contributed by atoms with Crippen LogP contribution < -0.4 is 11.4 Å². The molecule has 0 aliphatic heterocycles. The largest absolute Gasteiger partial charge is 0.507 e. The predicted octanol–water partition coefficient (Wildman–Crippen LogP) is 2.80. The van der Waals surface area contributed by atoms with Gasteiger partial charge in [0.25, 0.3) is 5.91 Å². The predicted molar refractivity (Wildman–Crippen MR) is 129 cm³/mol. The van der Waals surface area contributed by atoms with Crippen LogP contribution in [0.4, 0.5) is 4.39 Å². The number of nitrogens with two attached hydrogens (primary N) is 1. The number of halogens is 2. The number of nitrogens with zero attached hydrogens (tertiary/aromatic N) is 3. The SMILES string of the molecule is CN(Cc1cc(Cl)ccc1C(N)=O)C(=O)c1cc(-c2n[nH]c(=O)n2-c2ccccc2F)c(O)cc1O. The molecule has 36 heavy (non-hydrogen) atoms. The molecule has 10 nitrogen and oxygen atoms in total. The lowest BCUT2D eigenvalue weighted by molar-refractivity contribution is 0.0779. The van der Waals surface area contributed by atoms with E-state index in [4.69, 9.17) is 17.3 Å². The van der Waals surface area contributed by atoms with E-state index in [1.165, 1.54) is 48.3 Å². The molecule has 0 saturated carbocycles. The van der Waals surface area contributed by atoms with Crippen molar-refractivity contribution in [3.05, 3.63) is 92.6 Å². The van der Waals surface area contributed by atoms with Crippen molar-refractivity contribution in [1.29, 1.82) is 0 Å². The number of H-pyrrole nitrogens is 1. The number of amides is 2. The maximum absolute atomic E-state index is 14.4. The molecule has 2 amide bonds. The Morgan fingerprint density at radius 1 is 1.11 bits per heavy atom. The normalized spacial score (nSPS) is 10.9. The maximum atomic E-state index is 14.4. The first-order valence-corrected chi connectivity index (χ1v) is 10.8. The summed E-state index contributed by atoms with van der Waals surface area (Å²) in [5.41, 5.74) is 4.67. The summed E-state index contributed by atoms with van der Waals surface area (Å²) in [5, 5.41) is 27.3. The summed E-state index contributed by atoms with van der Waals surface area (Å²) in [6.45, 7) is -0.0876. The van der Waals surface area contributed by atoms with Gasteiger partial charge in [0.2, 0.25) is 5.91 Å². The summed E-state index contributed by atoms with van der Waals surface area (Å²) in [5.74, 6) is -3.37. The number of carbonyl (C=O) groups is 2. The Labute approximate surface area is 208 Å². The van der Waals surface area contributed by atoms with Gasteiger partial charge >= 0.3 is 5.69 Å². The number of phenolic OH excluding ortho intramolecular Hbond substituents is 2. The molecule has 1 aromatic heterocycles. The minimum absolute atomic E-state index is 0.0876. The molecule has 4 aromatic rings. The van der Waals surface area contributed by atoms with Crippen LogP contribution in [0.5, 0.6) is 11.5 Å². The second-order valence-corrected chi connectivity index (χ2v) is 8.29. The number of benzene rings is 3. The van der Waals surface area contributed by atoms with Crippen LogP contribution in [0, 0.1) is 5.82 Å². The molecule has 0 radical (unpaired) electrons. The molecule has 3 aromatic carbocycles. The second kappa shape index (κ2) is 9.55. The van der Waals surface area contributed by atoms with Crippen LogP contribution in [-0.2, 0) is 6.54 Å². The first-order chi connectivity index (χ1) is 17.1. The lowest BCUT2D eigenvalue weighted by Gasteiger charge is -2.20. The highest BCUT2D eigenvalue weighted by Gasteiger charge is 2.24. The first-order valence-electron chi connectivity index (χ1n) is 10.4. The fourth-order valence-corrected chi connectivity index (χ4v) is 3.92. The third-order valence-electron chi connectivity index (χ3n) is 5.44. The zero-order valence-electron chi connectivity index (χ0n) is 18.7. The fraction of sp³-hybridized carbons (Fsp3) is 0.0833. The average molecular weight is 512 g/mol. The van der Waals surface area contributed by atoms with Crippen LogP contribution in [0.2, 0.25) is 5.02 Å². The number of hydrogen-bond donors (Lipinski definition) is 4. The van der Waals surface area contributed by atoms with Gasteiger partial charge in [0.1, 0.15) is 17.3 Å². The van der Waals surface area contributed by atoms with Gasteiger partial charge in [0.05, 0.1) is 16.8 Å². The summed E-state index contributed by atoms with van der Waals surface area (Å²) in [6.07, 6.45) is 0. The number of aromatic amines is 1. The number of phenols is 2. The molecule has 12 heteroatoms. The lowest BCUT2D eigenvalue weighted by Crippen LogP contribution is -2.28. The summed E-state index contributed by atoms with van der Waals surface area (Å²) < 4.78 is 15.3. The summed E-state index contributed by atoms with van der Waals surface area (Å²) >= 11 is 6.02. The average Bonchev–Trinajstić information content (AvgIpc) is 3.19. The molecule has 0 aliphatic carbocycles. The number of para-hydroxylation sites is 1. The van der Waals surface area contributed by atoms with Crippen molar-refractivity contribution in [2.24, 2.45) is 5.73 Å². The minimum Gasteiger partial charge on any atom is -0.507 e. The van der Waals surface area contributed by atoms with Crippen molar-refractivity contribution in [3.63, 3.8) is 0 Å². The van der Waals surface area contributed by atoms with Crippen molar-refractivity contribution in [3.8, 4) is 28.6 Å². The summed E-state index contributed by atoms with van der Waals surface area (Å²) in [4.78, 5) is 38.6. The molecule has 5 N–H and O–H groups in total. The van der Waals surface area contributed by atoms with E-state index in [2.05, 4.69) is 10.2 Å². The fourth-order valence-electron chi connectivity index (χ4n) is 3.73. The van der Waals surface area contributed by atoms with E-state index in [-0.39, 0.29) is 34.7 Å². The van der Waals surface area contributed by atoms with Crippen LogP contribution >= 0.6 is 11.6 Å². The van der Waals surface area contributed by atoms with Gasteiger partial charge in [-0.25, -0.2) is 18.9 Å². The highest BCUT2D eigenvalue weighted by atomic mass is 35.5. The molecular weight excluding hydrogens is 493 g/mol. The number of hydrogen-bond acceptors (Lipinski definition) is 6. The number of aromatic hydroxyl groups is 2. The van der Waals surface area contributed by atoms with Crippen molar-refractivity contribution >= 4 is 23.4 Å². The van der Waals surface area contributed by atoms with Crippen LogP contribution in [0.3, 0.4) is 0 Å². The van der Waals surface area contributed by atoms with Crippen LogP contribution in [0.1, 0.15) is 26.3 Å². The number of aromatic nitrogens is 3. The monoisotopic (exact) mass is 511 g/mol. The molecule has 0 unspecified atom stereocenters. The van der Waals surface area contributed by atoms with Crippen molar-refractivity contribution in [1.82, 2.24) is 19.7 Å². The molecule has 184 valence electrons. The van der Waals surface area contributed by atoms with Gasteiger partial charge in [-0.05, 0) is 42.0 Å². The number of rotatable bonds is 6. The highest BCUT2D eigenvalue weighted by molar-refractivity contribution is 6.30. The van der Waals surface area contributed by atoms with Gasteiger partial charge in [-0.1, -0.05) is 23.7 Å². The third kappa shape index (κ3) is 4.51. The van der Waals surface area contributed by atoms with Gasteiger partial charge in [-0.3, -0.25) is 9.59 Å². The quantitative estimate of drug-likeness (QED) is 0.312. The Morgan fingerprint density at radius 2 is 1.83 bits per heavy atom. The zero-order chi connectivity index (χ0) is 26.1. The van der Waals surface area contributed by atoms with Crippen molar-refractivity contribution in [2.45, 2.75) is 6.54 Å². The summed E-state index contributed by atoms with van der Waals surface area (Å²) in [7, 11) is 1.42. The van der Waals surface area contributed by atoms with Gasteiger partial charge < -0.3 is 20.8 Å². The Morgan fingerprint density at radius 3 is 2.53 bits per heavy atom. The molecule has 4 rings (SSSR count). The van der Waals surface area contributed by atoms with E-state index in [1.54, 1.807) is 0 Å². The molecule has 0 saturated heterocycles. The van der Waals surface area contributed by atoms with E-state index in [9.17, 15) is 29.0 Å². The van der Waals surface area contributed by atoms with Crippen LogP contribution in [0.25, 0.3) is 17.1 Å². The van der Waals surface area contributed by atoms with Crippen molar-refractivity contribution in [2.75, 3.05) is 7.05 Å². The van der Waals surface area contributed by atoms with E-state index in [0.29, 0.717) is 10.6 Å². The molecule has 0 bridgehead atoms. The van der Waals surface area contributed by atoms with E-state index >= 15 is 0 Å². The van der Waals surface area contributed by atoms with E-state index in [0.717, 1.165) is 22.8 Å². The smallest absolute Gasteiger partial charge is 0.348 e. The Kier molecular flexibility index (Phi) is 6.49. The van der Waals surface area contributed by atoms with Gasteiger partial charge in [-0.2, -0.15) is 5.10 Å². The highest BCUT2D eigenvalue weighted by Crippen LogP contribution is 2.35. The zero-order valence-corrected chi connectivity index (χ0v) is 19.5. The molecule has 0 spiro atoms. The summed E-state index contributed by atoms with van der Waals surface area (Å²) in [6, 6.07) is 11.9. The standard InChI is InChI=1S/C24H19ClFN5O5/c1-30(11-12-8-13(25)6-7-14(12)21(27)34)23(35)16-9-15(19(32)10-20(16)33)22-28-29-24(36)31(22)18-5-3-2-4-17(18)26/h2-10,32-33H,11H2,1H3,(H2,27,34)(H,29,36). The maximum Gasteiger partial charge on any atom is 0.348 e. The van der Waals surface area contributed by atoms with Crippen molar-refractivity contribution < 1.29 is 24.2 Å². The van der Waals surface area contributed by atoms with Gasteiger partial charge in [-0.15, -0.1) is 0 Å². The topological polar surface area (TPSA) is 155 Å². The second-order valence-electron chi connectivity index (χ2n) is 7.85. The molecular formula is C24H19ClFN5O5. The van der Waals surface area contributed by atoms with E-state index < -0.39 is 34.8 Å². The van der Waals surface area contributed by atoms with E-state index in [1.807, 2.05) is 0 Å². The number of nitrogens with one attached hydrogen (secondary N) is 1. The van der Waals surface area contributed by atoms with Crippen LogP contribution in [-0.4, -0.2) is 48.7 Å². The van der Waals surface area contributed by atoms with Gasteiger partial charge in [0.15, 0.2) is 5.82 Å². The van der Waals surface area contributed by atoms with Crippen LogP contribution in [0.15, 0.2) is 59.4 Å². The molecule has 1 heterocycles. The minimum atomic E-state index is -0.785. The Balaban J connectivity index is 1.76. The Bertz CT molecular complexity index is 1560. The first kappa shape index (κ1) is 24.5. The van der Waals surface area contributed by atoms with Gasteiger partial charge in [0, 0.05) is 30.2 Å². The molecule has 0 fully saturated rings. The molecule has 0 aliphatic rings. The Hall–Kier alpha value is -4.64.